The summed E-state index contributed by atoms with van der Waals surface area (Å²) < 4.78 is 25.2. The third-order valence-electron chi connectivity index (χ3n) is 10.2. The zero-order chi connectivity index (χ0) is 35.5. The first-order valence-electron chi connectivity index (χ1n) is 16.8. The van der Waals surface area contributed by atoms with Crippen molar-refractivity contribution < 1.29 is 43.5 Å². The summed E-state index contributed by atoms with van der Waals surface area (Å²) in [4.78, 5) is 54.5. The first-order chi connectivity index (χ1) is 24.0. The van der Waals surface area contributed by atoms with Crippen molar-refractivity contribution >= 4 is 17.9 Å². The predicted molar refractivity (Wildman–Crippen MR) is 181 cm³/mol. The predicted octanol–water partition coefficient (Wildman–Crippen LogP) is 6.57. The van der Waals surface area contributed by atoms with Crippen LogP contribution in [0.1, 0.15) is 84.5 Å². The number of ether oxygens (including phenoxy) is 4. The Balaban J connectivity index is 1.51. The zero-order valence-corrected chi connectivity index (χ0v) is 28.6. The summed E-state index contributed by atoms with van der Waals surface area (Å²) in [5.41, 5.74) is -0.790. The highest BCUT2D eigenvalue weighted by Crippen LogP contribution is 2.57. The first-order valence-corrected chi connectivity index (χ1v) is 16.8. The average Bonchev–Trinajstić information content (AvgIpc) is 3.60. The molecule has 1 aliphatic heterocycles. The summed E-state index contributed by atoms with van der Waals surface area (Å²) in [6.45, 7) is 7.12. The quantitative estimate of drug-likeness (QED) is 0.0653. The number of esters is 3. The molecule has 3 heterocycles. The standard InChI is InChI=1S/C39H42N2O9/c1-25-14-15-31-38(4,49-31)21-30(47-35(43)27-12-8-18-40-22-27)33-29(37(2,3)50-45)16-17-39(33,24-46-34(42)26-10-6-5-7-11-26)32(20-25)48-36(44)28-13-9-19-41-23-28/h5-13,16,18-20,22-23,30-33,45H,14-15,17,21,24H2,1-4H3. The smallest absolute Gasteiger partial charge is 0.340 e. The number of epoxide rings is 1. The van der Waals surface area contributed by atoms with Crippen molar-refractivity contribution in [1.29, 1.82) is 0 Å². The molecule has 2 aliphatic carbocycles. The van der Waals surface area contributed by atoms with Crippen molar-refractivity contribution in [2.24, 2.45) is 11.3 Å². The van der Waals surface area contributed by atoms with Gasteiger partial charge in [0.1, 0.15) is 24.4 Å². The lowest BCUT2D eigenvalue weighted by molar-refractivity contribution is -0.303. The van der Waals surface area contributed by atoms with Gasteiger partial charge in [-0.15, -0.1) is 0 Å². The van der Waals surface area contributed by atoms with Crippen molar-refractivity contribution in [1.82, 2.24) is 9.97 Å². The number of carbonyl (C=O) groups excluding carboxylic acids is 3. The highest BCUT2D eigenvalue weighted by atomic mass is 17.1. The number of hydrogen-bond donors (Lipinski definition) is 1. The Morgan fingerprint density at radius 1 is 0.920 bits per heavy atom. The Hall–Kier alpha value is -4.71. The van der Waals surface area contributed by atoms with E-state index in [2.05, 4.69) is 9.97 Å². The van der Waals surface area contributed by atoms with Gasteiger partial charge in [0.05, 0.1) is 33.8 Å². The molecule has 0 radical (unpaired) electrons. The molecule has 1 fully saturated rings. The number of carbonyl (C=O) groups is 3. The Kier molecular flexibility index (Phi) is 10.0. The number of aromatic nitrogens is 2. The van der Waals surface area contributed by atoms with Crippen LogP contribution in [0.4, 0.5) is 0 Å². The third-order valence-corrected chi connectivity index (χ3v) is 10.2. The van der Waals surface area contributed by atoms with Gasteiger partial charge >= 0.3 is 17.9 Å². The Morgan fingerprint density at radius 2 is 1.56 bits per heavy atom. The molecule has 0 spiro atoms. The van der Waals surface area contributed by atoms with Crippen LogP contribution in [0.15, 0.2) is 103 Å². The van der Waals surface area contributed by atoms with E-state index in [9.17, 15) is 19.6 Å². The lowest BCUT2D eigenvalue weighted by Crippen LogP contribution is -2.53. The average molecular weight is 683 g/mol. The Bertz CT molecular complexity index is 1760. The SMILES string of the molecule is CC1=CC(OC(=O)c2cccnc2)C2(COC(=O)c3ccccc3)CC=C(C(C)(C)OO)C2C(OC(=O)c2cccnc2)CC2(C)OC2CC1. The second kappa shape index (κ2) is 14.3. The maximum atomic E-state index is 13.8. The summed E-state index contributed by atoms with van der Waals surface area (Å²) in [6, 6.07) is 15.1. The van der Waals surface area contributed by atoms with Crippen LogP contribution in [0.25, 0.3) is 0 Å². The molecule has 50 heavy (non-hydrogen) atoms. The molecule has 3 aromatic rings. The van der Waals surface area contributed by atoms with Crippen molar-refractivity contribution in [3.8, 4) is 0 Å². The van der Waals surface area contributed by atoms with E-state index in [0.717, 1.165) is 5.57 Å². The molecular formula is C39H42N2O9. The summed E-state index contributed by atoms with van der Waals surface area (Å²) in [7, 11) is 0. The van der Waals surface area contributed by atoms with Crippen LogP contribution in [0.3, 0.4) is 0 Å². The molecule has 1 N–H and O–H groups in total. The van der Waals surface area contributed by atoms with Crippen molar-refractivity contribution in [3.63, 3.8) is 0 Å². The number of allylic oxidation sites excluding steroid dienone is 2. The van der Waals surface area contributed by atoms with Crippen LogP contribution in [-0.2, 0) is 23.8 Å². The van der Waals surface area contributed by atoms with Crippen LogP contribution in [0.5, 0.6) is 0 Å². The largest absolute Gasteiger partial charge is 0.461 e. The molecule has 11 heteroatoms. The number of benzene rings is 1. The van der Waals surface area contributed by atoms with E-state index >= 15 is 0 Å². The van der Waals surface area contributed by atoms with Gasteiger partial charge in [-0.2, -0.15) is 0 Å². The Labute approximate surface area is 291 Å². The molecule has 6 unspecified atom stereocenters. The van der Waals surface area contributed by atoms with Crippen molar-refractivity contribution in [2.75, 3.05) is 6.61 Å². The Morgan fingerprint density at radius 3 is 2.18 bits per heavy atom. The lowest BCUT2D eigenvalue weighted by atomic mass is 9.65. The number of rotatable bonds is 9. The highest BCUT2D eigenvalue weighted by Gasteiger charge is 2.62. The molecule has 0 amide bonds. The number of fused-ring (bicyclic) bond motifs is 2. The van der Waals surface area contributed by atoms with Gasteiger partial charge in [-0.3, -0.25) is 15.2 Å². The minimum absolute atomic E-state index is 0.110. The van der Waals surface area contributed by atoms with Gasteiger partial charge in [0.15, 0.2) is 0 Å². The minimum Gasteiger partial charge on any atom is -0.461 e. The second-order valence-corrected chi connectivity index (χ2v) is 14.0. The van der Waals surface area contributed by atoms with Crippen LogP contribution in [0.2, 0.25) is 0 Å². The van der Waals surface area contributed by atoms with E-state index in [4.69, 9.17) is 23.8 Å². The van der Waals surface area contributed by atoms with E-state index in [1.807, 2.05) is 26.0 Å². The molecule has 1 saturated heterocycles. The fourth-order valence-corrected chi connectivity index (χ4v) is 7.32. The third kappa shape index (κ3) is 7.26. The van der Waals surface area contributed by atoms with E-state index in [1.165, 1.54) is 12.4 Å². The molecule has 2 aromatic heterocycles. The molecule has 6 atom stereocenters. The summed E-state index contributed by atoms with van der Waals surface area (Å²) >= 11 is 0. The molecule has 3 aliphatic rings. The van der Waals surface area contributed by atoms with E-state index in [-0.39, 0.29) is 36.7 Å². The van der Waals surface area contributed by atoms with E-state index < -0.39 is 52.7 Å². The number of nitrogens with zero attached hydrogens (tertiary/aromatic N) is 2. The zero-order valence-electron chi connectivity index (χ0n) is 28.6. The summed E-state index contributed by atoms with van der Waals surface area (Å²) in [5.74, 6) is -2.61. The van der Waals surface area contributed by atoms with Crippen LogP contribution >= 0.6 is 0 Å². The fraction of sp³-hybridized carbons (Fsp3) is 0.410. The minimum atomic E-state index is -1.28. The van der Waals surface area contributed by atoms with Gasteiger partial charge in [0.25, 0.3) is 0 Å². The summed E-state index contributed by atoms with van der Waals surface area (Å²) in [5, 5.41) is 10.3. The molecular weight excluding hydrogens is 640 g/mol. The fourth-order valence-electron chi connectivity index (χ4n) is 7.32. The summed E-state index contributed by atoms with van der Waals surface area (Å²) in [6.07, 6.45) is 9.59. The molecule has 6 rings (SSSR count). The molecule has 11 nitrogen and oxygen atoms in total. The number of pyridine rings is 2. The topological polar surface area (TPSA) is 147 Å². The monoisotopic (exact) mass is 682 g/mol. The second-order valence-electron chi connectivity index (χ2n) is 14.0. The lowest BCUT2D eigenvalue weighted by Gasteiger charge is -2.46. The van der Waals surface area contributed by atoms with Gasteiger partial charge in [-0.25, -0.2) is 19.3 Å². The van der Waals surface area contributed by atoms with E-state index in [0.29, 0.717) is 24.0 Å². The van der Waals surface area contributed by atoms with Gasteiger partial charge in [0.2, 0.25) is 0 Å². The van der Waals surface area contributed by atoms with Gasteiger partial charge in [-0.1, -0.05) is 29.8 Å². The molecule has 0 saturated carbocycles. The number of hydrogen-bond acceptors (Lipinski definition) is 11. The van der Waals surface area contributed by atoms with Crippen LogP contribution in [-0.4, -0.2) is 69.3 Å². The van der Waals surface area contributed by atoms with Crippen molar-refractivity contribution in [3.05, 3.63) is 119 Å². The van der Waals surface area contributed by atoms with Crippen LogP contribution in [0, 0.1) is 11.3 Å². The van der Waals surface area contributed by atoms with E-state index in [1.54, 1.807) is 80.8 Å². The van der Waals surface area contributed by atoms with Crippen LogP contribution < -0.4 is 0 Å². The normalized spacial score (nSPS) is 27.7. The highest BCUT2D eigenvalue weighted by molar-refractivity contribution is 5.90. The molecule has 262 valence electrons. The maximum Gasteiger partial charge on any atom is 0.340 e. The van der Waals surface area contributed by atoms with Gasteiger partial charge < -0.3 is 18.9 Å². The molecule has 1 aromatic carbocycles. The molecule has 0 bridgehead atoms. The first kappa shape index (κ1) is 35.1. The van der Waals surface area contributed by atoms with Gasteiger partial charge in [0, 0.05) is 37.1 Å². The van der Waals surface area contributed by atoms with Gasteiger partial charge in [-0.05, 0) is 95.0 Å². The maximum absolute atomic E-state index is 13.8. The van der Waals surface area contributed by atoms with Crippen molar-refractivity contribution in [2.45, 2.75) is 82.9 Å².